The summed E-state index contributed by atoms with van der Waals surface area (Å²) in [6.07, 6.45) is 4.10. The number of hydrogen-bond acceptors (Lipinski definition) is 5. The van der Waals surface area contributed by atoms with Gasteiger partial charge < -0.3 is 25.1 Å². The zero-order valence-electron chi connectivity index (χ0n) is 11.5. The van der Waals surface area contributed by atoms with Gasteiger partial charge in [-0.15, -0.1) is 0 Å². The molecule has 0 bridgehead atoms. The lowest BCUT2D eigenvalue weighted by Crippen LogP contribution is -2.54. The second-order valence-electron chi connectivity index (χ2n) is 5.31. The maximum absolute atomic E-state index is 11.9. The normalized spacial score (nSPS) is 17.0. The van der Waals surface area contributed by atoms with Crippen LogP contribution in [0.25, 0.3) is 0 Å². The van der Waals surface area contributed by atoms with Crippen molar-refractivity contribution in [2.45, 2.75) is 38.3 Å². The van der Waals surface area contributed by atoms with E-state index in [9.17, 15) is 24.8 Å². The van der Waals surface area contributed by atoms with Gasteiger partial charge in [0.25, 0.3) is 0 Å². The largest absolute Gasteiger partial charge is 0.480 e. The molecule has 1 aliphatic carbocycles. The van der Waals surface area contributed by atoms with Crippen molar-refractivity contribution in [3.63, 3.8) is 0 Å². The van der Waals surface area contributed by atoms with E-state index >= 15 is 0 Å². The number of nitrogens with one attached hydrogen (secondary N) is 1. The molecule has 1 aliphatic rings. The number of amides is 1. The monoisotopic (exact) mass is 296 g/mol. The molecular formula is C12H16N4O5. The lowest BCUT2D eigenvalue weighted by atomic mass is 9.96. The Morgan fingerprint density at radius 3 is 2.76 bits per heavy atom. The maximum atomic E-state index is 11.9. The third-order valence-electron chi connectivity index (χ3n) is 3.64. The number of rotatable bonds is 7. The van der Waals surface area contributed by atoms with E-state index in [1.807, 2.05) is 0 Å². The van der Waals surface area contributed by atoms with E-state index < -0.39 is 22.3 Å². The average Bonchev–Trinajstić information content (AvgIpc) is 3.15. The van der Waals surface area contributed by atoms with Gasteiger partial charge in [-0.05, 0) is 35.6 Å². The van der Waals surface area contributed by atoms with Crippen LogP contribution in [0.1, 0.15) is 26.2 Å². The molecule has 2 N–H and O–H groups in total. The molecule has 2 rings (SSSR count). The van der Waals surface area contributed by atoms with E-state index in [2.05, 4.69) is 10.3 Å². The highest BCUT2D eigenvalue weighted by Crippen LogP contribution is 2.39. The maximum Gasteiger partial charge on any atom is 0.381 e. The number of nitrogens with zero attached hydrogens (tertiary/aromatic N) is 3. The standard InChI is InChI=1S/C12H16N4O5/c1-12(11(18)19,8-2-3-8)14-10(17)4-5-15-6-9(13-7-15)16(20)21/h6-8H,2-5H2,1H3,(H,14,17)(H,18,19). The van der Waals surface area contributed by atoms with Crippen LogP contribution in [0, 0.1) is 16.0 Å². The van der Waals surface area contributed by atoms with E-state index in [-0.39, 0.29) is 24.7 Å². The van der Waals surface area contributed by atoms with Crippen LogP contribution in [-0.2, 0) is 16.1 Å². The highest BCUT2D eigenvalue weighted by Gasteiger charge is 2.48. The summed E-state index contributed by atoms with van der Waals surface area (Å²) in [6.45, 7) is 1.71. The molecule has 1 aromatic rings. The van der Waals surface area contributed by atoms with Gasteiger partial charge in [0.2, 0.25) is 12.2 Å². The first-order valence-electron chi connectivity index (χ1n) is 6.53. The quantitative estimate of drug-likeness (QED) is 0.558. The minimum absolute atomic E-state index is 0.0309. The molecule has 0 saturated heterocycles. The van der Waals surface area contributed by atoms with Crippen LogP contribution in [0.2, 0.25) is 0 Å². The number of carbonyl (C=O) groups is 2. The molecule has 1 heterocycles. The first-order chi connectivity index (χ1) is 9.83. The van der Waals surface area contributed by atoms with Gasteiger partial charge in [0.05, 0.1) is 0 Å². The Kier molecular flexibility index (Phi) is 3.92. The summed E-state index contributed by atoms with van der Waals surface area (Å²) in [6, 6.07) is 0. The molecule has 0 aliphatic heterocycles. The van der Waals surface area contributed by atoms with Gasteiger partial charge in [0.15, 0.2) is 0 Å². The lowest BCUT2D eigenvalue weighted by molar-refractivity contribution is -0.389. The van der Waals surface area contributed by atoms with Crippen molar-refractivity contribution in [2.75, 3.05) is 0 Å². The van der Waals surface area contributed by atoms with Crippen LogP contribution in [0.3, 0.4) is 0 Å². The molecule has 9 heteroatoms. The van der Waals surface area contributed by atoms with Gasteiger partial charge in [-0.25, -0.2) is 4.79 Å². The SMILES string of the molecule is CC(NC(=O)CCn1cnc([N+](=O)[O-])c1)(C(=O)O)C1CC1. The van der Waals surface area contributed by atoms with Crippen LogP contribution in [0.5, 0.6) is 0 Å². The predicted molar refractivity (Wildman–Crippen MR) is 70.4 cm³/mol. The van der Waals surface area contributed by atoms with E-state index in [0.29, 0.717) is 0 Å². The summed E-state index contributed by atoms with van der Waals surface area (Å²) >= 11 is 0. The first kappa shape index (κ1) is 14.9. The van der Waals surface area contributed by atoms with Gasteiger partial charge in [-0.2, -0.15) is 0 Å². The van der Waals surface area contributed by atoms with Gasteiger partial charge in [0, 0.05) is 13.0 Å². The molecule has 0 spiro atoms. The summed E-state index contributed by atoms with van der Waals surface area (Å²) < 4.78 is 1.42. The molecule has 9 nitrogen and oxygen atoms in total. The van der Waals surface area contributed by atoms with Crippen molar-refractivity contribution in [1.29, 1.82) is 0 Å². The Labute approximate surface area is 120 Å². The van der Waals surface area contributed by atoms with Crippen molar-refractivity contribution in [1.82, 2.24) is 14.9 Å². The highest BCUT2D eigenvalue weighted by atomic mass is 16.6. The van der Waals surface area contributed by atoms with Crippen molar-refractivity contribution in [3.8, 4) is 0 Å². The van der Waals surface area contributed by atoms with Crippen molar-refractivity contribution in [2.24, 2.45) is 5.92 Å². The molecule has 21 heavy (non-hydrogen) atoms. The van der Waals surface area contributed by atoms with Crippen LogP contribution in [0.4, 0.5) is 5.82 Å². The topological polar surface area (TPSA) is 127 Å². The fourth-order valence-electron chi connectivity index (χ4n) is 2.14. The Morgan fingerprint density at radius 2 is 2.29 bits per heavy atom. The summed E-state index contributed by atoms with van der Waals surface area (Å²) in [7, 11) is 0. The van der Waals surface area contributed by atoms with Crippen LogP contribution < -0.4 is 5.32 Å². The predicted octanol–water partition coefficient (Wildman–Crippen LogP) is 0.551. The minimum atomic E-state index is -1.24. The molecular weight excluding hydrogens is 280 g/mol. The number of aromatic nitrogens is 2. The van der Waals surface area contributed by atoms with E-state index in [4.69, 9.17) is 0 Å². The number of carboxylic acid groups (broad SMARTS) is 1. The molecule has 1 aromatic heterocycles. The highest BCUT2D eigenvalue weighted by molar-refractivity contribution is 5.87. The fourth-order valence-corrected chi connectivity index (χ4v) is 2.14. The third-order valence-corrected chi connectivity index (χ3v) is 3.64. The van der Waals surface area contributed by atoms with Gasteiger partial charge in [-0.1, -0.05) is 0 Å². The van der Waals surface area contributed by atoms with Crippen molar-refractivity contribution in [3.05, 3.63) is 22.6 Å². The smallest absolute Gasteiger partial charge is 0.381 e. The molecule has 1 saturated carbocycles. The van der Waals surface area contributed by atoms with Crippen LogP contribution in [0.15, 0.2) is 12.5 Å². The number of carbonyl (C=O) groups excluding carboxylic acids is 1. The number of hydrogen-bond donors (Lipinski definition) is 2. The molecule has 0 aromatic carbocycles. The molecule has 1 fully saturated rings. The second-order valence-corrected chi connectivity index (χ2v) is 5.31. The van der Waals surface area contributed by atoms with Gasteiger partial charge in [0.1, 0.15) is 11.7 Å². The Morgan fingerprint density at radius 1 is 1.62 bits per heavy atom. The summed E-state index contributed by atoms with van der Waals surface area (Å²) in [4.78, 5) is 36.6. The summed E-state index contributed by atoms with van der Waals surface area (Å²) in [5, 5.41) is 22.3. The summed E-state index contributed by atoms with van der Waals surface area (Å²) in [5.74, 6) is -1.77. The summed E-state index contributed by atoms with van der Waals surface area (Å²) in [5.41, 5.74) is -1.24. The van der Waals surface area contributed by atoms with E-state index in [1.54, 1.807) is 0 Å². The van der Waals surface area contributed by atoms with Crippen molar-refractivity contribution >= 4 is 17.7 Å². The van der Waals surface area contributed by atoms with Gasteiger partial charge >= 0.3 is 11.8 Å². The number of nitro groups is 1. The lowest BCUT2D eigenvalue weighted by Gasteiger charge is -2.26. The molecule has 0 radical (unpaired) electrons. The number of aryl methyl sites for hydroxylation is 1. The Hall–Kier alpha value is -2.45. The fraction of sp³-hybridized carbons (Fsp3) is 0.583. The van der Waals surface area contributed by atoms with Crippen molar-refractivity contribution < 1.29 is 19.6 Å². The third kappa shape index (κ3) is 3.36. The second kappa shape index (κ2) is 5.51. The zero-order valence-corrected chi connectivity index (χ0v) is 11.5. The molecule has 1 amide bonds. The van der Waals surface area contributed by atoms with Gasteiger partial charge in [-0.3, -0.25) is 4.79 Å². The average molecular weight is 296 g/mol. The van der Waals surface area contributed by atoms with Crippen LogP contribution in [-0.4, -0.2) is 37.0 Å². The number of imidazole rings is 1. The zero-order chi connectivity index (χ0) is 15.6. The number of aliphatic carboxylic acids is 1. The van der Waals surface area contributed by atoms with Crippen LogP contribution >= 0.6 is 0 Å². The molecule has 1 atom stereocenters. The molecule has 1 unspecified atom stereocenters. The Bertz CT molecular complexity index is 580. The Balaban J connectivity index is 1.89. The van der Waals surface area contributed by atoms with E-state index in [0.717, 1.165) is 12.8 Å². The minimum Gasteiger partial charge on any atom is -0.480 e. The molecule has 114 valence electrons. The number of carboxylic acids is 1. The first-order valence-corrected chi connectivity index (χ1v) is 6.53. The van der Waals surface area contributed by atoms with E-state index in [1.165, 1.54) is 24.0 Å².